The van der Waals surface area contributed by atoms with Gasteiger partial charge in [0.2, 0.25) is 0 Å². The number of Topliss-reactive ketones (excluding diaryl/α,β-unsaturated/α-hetero) is 1. The van der Waals surface area contributed by atoms with Gasteiger partial charge in [0.25, 0.3) is 0 Å². The van der Waals surface area contributed by atoms with E-state index in [1.54, 1.807) is 19.1 Å². The molecule has 1 N–H and O–H groups in total. The summed E-state index contributed by atoms with van der Waals surface area (Å²) in [4.78, 5) is 18.3. The number of nitrogens with one attached hydrogen (secondary N) is 1. The first kappa shape index (κ1) is 17.0. The number of ketones is 1. The van der Waals surface area contributed by atoms with E-state index in [0.717, 1.165) is 43.3 Å². The van der Waals surface area contributed by atoms with E-state index in [1.165, 1.54) is 0 Å². The largest absolute Gasteiger partial charge is 0.370 e. The monoisotopic (exact) mass is 334 g/mol. The Hall–Kier alpha value is -2.87. The highest BCUT2D eigenvalue weighted by molar-refractivity contribution is 5.95. The number of aromatic nitrogens is 1. The molecule has 1 atom stereocenters. The molecule has 0 bridgehead atoms. The third-order valence-electron chi connectivity index (χ3n) is 4.61. The van der Waals surface area contributed by atoms with Crippen molar-refractivity contribution in [2.45, 2.75) is 20.3 Å². The van der Waals surface area contributed by atoms with Crippen LogP contribution in [-0.2, 0) is 0 Å². The third kappa shape index (κ3) is 3.97. The molecule has 128 valence electrons. The molecule has 2 heterocycles. The summed E-state index contributed by atoms with van der Waals surface area (Å²) in [7, 11) is 0. The van der Waals surface area contributed by atoms with Gasteiger partial charge in [-0.15, -0.1) is 0 Å². The van der Waals surface area contributed by atoms with E-state index in [0.29, 0.717) is 17.0 Å². The smallest absolute Gasteiger partial charge is 0.159 e. The predicted molar refractivity (Wildman–Crippen MR) is 98.9 cm³/mol. The molecule has 2 aromatic rings. The number of benzene rings is 1. The molecule has 1 aromatic heterocycles. The average Bonchev–Trinajstić information content (AvgIpc) is 3.08. The quantitative estimate of drug-likeness (QED) is 0.849. The van der Waals surface area contributed by atoms with Crippen molar-refractivity contribution in [2.24, 2.45) is 5.92 Å². The molecule has 3 rings (SSSR count). The fourth-order valence-electron chi connectivity index (χ4n) is 3.22. The lowest BCUT2D eigenvalue weighted by Gasteiger charge is -2.21. The van der Waals surface area contributed by atoms with Crippen LogP contribution in [0.1, 0.15) is 35.0 Å². The second kappa shape index (κ2) is 7.35. The van der Waals surface area contributed by atoms with Crippen molar-refractivity contribution in [1.82, 2.24) is 4.98 Å². The Morgan fingerprint density at radius 1 is 1.40 bits per heavy atom. The highest BCUT2D eigenvalue weighted by Crippen LogP contribution is 2.28. The number of hydrogen-bond acceptors (Lipinski definition) is 5. The van der Waals surface area contributed by atoms with Gasteiger partial charge in [-0.2, -0.15) is 5.26 Å². The van der Waals surface area contributed by atoms with Crippen molar-refractivity contribution in [1.29, 1.82) is 5.26 Å². The molecule has 0 radical (unpaired) electrons. The molecule has 5 nitrogen and oxygen atoms in total. The Bertz CT molecular complexity index is 825. The summed E-state index contributed by atoms with van der Waals surface area (Å²) < 4.78 is 0. The average molecular weight is 334 g/mol. The molecular formula is C20H22N4O. The maximum absolute atomic E-state index is 11.6. The normalized spacial score (nSPS) is 16.5. The van der Waals surface area contributed by atoms with E-state index in [9.17, 15) is 10.1 Å². The minimum atomic E-state index is 0.0219. The molecular weight excluding hydrogens is 312 g/mol. The van der Waals surface area contributed by atoms with Gasteiger partial charge >= 0.3 is 0 Å². The van der Waals surface area contributed by atoms with Gasteiger partial charge in [0, 0.05) is 30.9 Å². The number of carbonyl (C=O) groups is 1. The Balaban J connectivity index is 1.67. The molecule has 0 spiro atoms. The van der Waals surface area contributed by atoms with Crippen LogP contribution in [0.5, 0.6) is 0 Å². The fraction of sp³-hybridized carbons (Fsp3) is 0.350. The minimum Gasteiger partial charge on any atom is -0.370 e. The summed E-state index contributed by atoms with van der Waals surface area (Å²) in [6.45, 7) is 6.14. The van der Waals surface area contributed by atoms with Crippen LogP contribution in [0.2, 0.25) is 0 Å². The molecule has 1 unspecified atom stereocenters. The summed E-state index contributed by atoms with van der Waals surface area (Å²) in [6, 6.07) is 13.5. The number of nitriles is 1. The van der Waals surface area contributed by atoms with Crippen LogP contribution in [0.3, 0.4) is 0 Å². The third-order valence-corrected chi connectivity index (χ3v) is 4.61. The van der Waals surface area contributed by atoms with Gasteiger partial charge in [-0.3, -0.25) is 4.79 Å². The van der Waals surface area contributed by atoms with E-state index in [1.807, 2.05) is 31.2 Å². The molecule has 1 aliphatic heterocycles. The van der Waals surface area contributed by atoms with Crippen molar-refractivity contribution < 1.29 is 4.79 Å². The lowest BCUT2D eigenvalue weighted by atomic mass is 10.1. The lowest BCUT2D eigenvalue weighted by Crippen LogP contribution is -2.23. The first-order chi connectivity index (χ1) is 12.1. The van der Waals surface area contributed by atoms with Gasteiger partial charge in [-0.1, -0.05) is 6.07 Å². The maximum atomic E-state index is 11.6. The lowest BCUT2D eigenvalue weighted by molar-refractivity contribution is 0.101. The Morgan fingerprint density at radius 2 is 2.24 bits per heavy atom. The van der Waals surface area contributed by atoms with Gasteiger partial charge in [-0.25, -0.2) is 4.98 Å². The van der Waals surface area contributed by atoms with Crippen LogP contribution in [0.4, 0.5) is 11.5 Å². The van der Waals surface area contributed by atoms with Gasteiger partial charge < -0.3 is 10.2 Å². The SMILES string of the molecule is CC(=O)c1ccc(C#N)c(N2CCC(CNc3cccc(C)n3)C2)c1. The zero-order chi connectivity index (χ0) is 17.8. The second-order valence-electron chi connectivity index (χ2n) is 6.55. The van der Waals surface area contributed by atoms with Crippen LogP contribution in [-0.4, -0.2) is 30.4 Å². The first-order valence-electron chi connectivity index (χ1n) is 8.54. The van der Waals surface area contributed by atoms with Crippen molar-refractivity contribution in [3.05, 3.63) is 53.2 Å². The topological polar surface area (TPSA) is 69.0 Å². The standard InChI is InChI=1S/C20H22N4O/c1-14-4-3-5-20(23-14)22-12-16-8-9-24(13-16)19-10-17(15(2)25)6-7-18(19)11-21/h3-7,10,16H,8-9,12-13H2,1-2H3,(H,22,23). The zero-order valence-corrected chi connectivity index (χ0v) is 14.6. The molecule has 25 heavy (non-hydrogen) atoms. The predicted octanol–water partition coefficient (Wildman–Crippen LogP) is 3.40. The summed E-state index contributed by atoms with van der Waals surface area (Å²) in [5, 5.41) is 12.8. The number of aryl methyl sites for hydroxylation is 1. The first-order valence-corrected chi connectivity index (χ1v) is 8.54. The van der Waals surface area contributed by atoms with Crippen LogP contribution < -0.4 is 10.2 Å². The number of hydrogen-bond donors (Lipinski definition) is 1. The molecule has 0 amide bonds. The van der Waals surface area contributed by atoms with Crippen molar-refractivity contribution in [2.75, 3.05) is 29.9 Å². The van der Waals surface area contributed by atoms with E-state index in [4.69, 9.17) is 0 Å². The summed E-state index contributed by atoms with van der Waals surface area (Å²) in [6.07, 6.45) is 1.05. The molecule has 1 saturated heterocycles. The highest BCUT2D eigenvalue weighted by Gasteiger charge is 2.24. The molecule has 1 fully saturated rings. The van der Waals surface area contributed by atoms with Crippen LogP contribution >= 0.6 is 0 Å². The van der Waals surface area contributed by atoms with Crippen molar-refractivity contribution in [3.8, 4) is 6.07 Å². The summed E-state index contributed by atoms with van der Waals surface area (Å²) in [5.74, 6) is 1.40. The van der Waals surface area contributed by atoms with Gasteiger partial charge in [-0.05, 0) is 56.5 Å². The van der Waals surface area contributed by atoms with Gasteiger partial charge in [0.05, 0.1) is 11.3 Å². The maximum Gasteiger partial charge on any atom is 0.159 e. The van der Waals surface area contributed by atoms with E-state index in [-0.39, 0.29) is 5.78 Å². The minimum absolute atomic E-state index is 0.0219. The molecule has 1 aromatic carbocycles. The van der Waals surface area contributed by atoms with Crippen LogP contribution in [0, 0.1) is 24.2 Å². The fourth-order valence-corrected chi connectivity index (χ4v) is 3.22. The van der Waals surface area contributed by atoms with E-state index >= 15 is 0 Å². The molecule has 1 aliphatic rings. The molecule has 0 saturated carbocycles. The number of rotatable bonds is 5. The number of nitrogens with zero attached hydrogens (tertiary/aromatic N) is 3. The highest BCUT2D eigenvalue weighted by atomic mass is 16.1. The van der Waals surface area contributed by atoms with Crippen LogP contribution in [0.25, 0.3) is 0 Å². The Morgan fingerprint density at radius 3 is 2.96 bits per heavy atom. The van der Waals surface area contributed by atoms with E-state index in [2.05, 4.69) is 21.3 Å². The van der Waals surface area contributed by atoms with E-state index < -0.39 is 0 Å². The van der Waals surface area contributed by atoms with Gasteiger partial charge in [0.1, 0.15) is 11.9 Å². The van der Waals surface area contributed by atoms with Crippen molar-refractivity contribution in [3.63, 3.8) is 0 Å². The summed E-state index contributed by atoms with van der Waals surface area (Å²) >= 11 is 0. The second-order valence-corrected chi connectivity index (χ2v) is 6.55. The van der Waals surface area contributed by atoms with Crippen molar-refractivity contribution >= 4 is 17.3 Å². The molecule has 5 heteroatoms. The van der Waals surface area contributed by atoms with Gasteiger partial charge in [0.15, 0.2) is 5.78 Å². The Labute approximate surface area is 148 Å². The number of pyridine rings is 1. The summed E-state index contributed by atoms with van der Waals surface area (Å²) in [5.41, 5.74) is 3.14. The number of carbonyl (C=O) groups excluding carboxylic acids is 1. The van der Waals surface area contributed by atoms with Crippen LogP contribution in [0.15, 0.2) is 36.4 Å². The molecule has 0 aliphatic carbocycles. The zero-order valence-electron chi connectivity index (χ0n) is 14.6. The Kier molecular flexibility index (Phi) is 4.99. The number of anilines is 2.